The van der Waals surface area contributed by atoms with E-state index in [1.165, 1.54) is 5.56 Å². The van der Waals surface area contributed by atoms with Crippen molar-refractivity contribution in [3.8, 4) is 0 Å². The fourth-order valence-electron chi connectivity index (χ4n) is 2.50. The van der Waals surface area contributed by atoms with Gasteiger partial charge < -0.3 is 0 Å². The van der Waals surface area contributed by atoms with Crippen LogP contribution in [0.1, 0.15) is 25.8 Å². The Balaban J connectivity index is 0.00000162. The molecule has 18 heavy (non-hydrogen) atoms. The maximum atomic E-state index is 11.6. The van der Waals surface area contributed by atoms with Gasteiger partial charge in [-0.1, -0.05) is 37.3 Å². The molecular weight excluding hydrogens is 246 g/mol. The first-order chi connectivity index (χ1) is 8.18. The topological polar surface area (TPSA) is 20.3 Å². The molecule has 2 unspecified atom stereocenters. The van der Waals surface area contributed by atoms with E-state index in [-0.39, 0.29) is 18.3 Å². The van der Waals surface area contributed by atoms with Crippen LogP contribution in [0.25, 0.3) is 0 Å². The van der Waals surface area contributed by atoms with Gasteiger partial charge in [-0.3, -0.25) is 9.69 Å². The summed E-state index contributed by atoms with van der Waals surface area (Å²) in [6, 6.07) is 10.9. The minimum absolute atomic E-state index is 0. The standard InChI is InChI=1S/C15H21NO.ClH/c1-12-13(2)16(11-9-15(12)17)10-8-14-6-4-3-5-7-14;/h3-7,12-13H,8-11H2,1-2H3;1H. The van der Waals surface area contributed by atoms with Gasteiger partial charge in [-0.25, -0.2) is 0 Å². The van der Waals surface area contributed by atoms with Gasteiger partial charge >= 0.3 is 0 Å². The van der Waals surface area contributed by atoms with Crippen LogP contribution in [0, 0.1) is 5.92 Å². The SMILES string of the molecule is CC1C(=O)CCN(CCc2ccccc2)C1C.Cl. The van der Waals surface area contributed by atoms with Gasteiger partial charge in [0.05, 0.1) is 0 Å². The third-order valence-electron chi connectivity index (χ3n) is 3.98. The predicted octanol–water partition coefficient (Wildman–Crippen LogP) is 2.95. The summed E-state index contributed by atoms with van der Waals surface area (Å²) in [5.74, 6) is 0.619. The molecule has 1 aromatic carbocycles. The lowest BCUT2D eigenvalue weighted by atomic mass is 9.90. The highest BCUT2D eigenvalue weighted by molar-refractivity contribution is 5.85. The second-order valence-corrected chi connectivity index (χ2v) is 5.02. The second-order valence-electron chi connectivity index (χ2n) is 5.02. The summed E-state index contributed by atoms with van der Waals surface area (Å²) in [5.41, 5.74) is 1.38. The number of hydrogen-bond acceptors (Lipinski definition) is 2. The first-order valence-corrected chi connectivity index (χ1v) is 6.49. The van der Waals surface area contributed by atoms with Crippen molar-refractivity contribution in [3.63, 3.8) is 0 Å². The van der Waals surface area contributed by atoms with E-state index in [2.05, 4.69) is 43.0 Å². The van der Waals surface area contributed by atoms with Gasteiger partial charge in [-0.15, -0.1) is 12.4 Å². The monoisotopic (exact) mass is 267 g/mol. The number of Topliss-reactive ketones (excluding diaryl/α,β-unsaturated/α-hetero) is 1. The summed E-state index contributed by atoms with van der Waals surface area (Å²) in [6.07, 6.45) is 1.80. The lowest BCUT2D eigenvalue weighted by Gasteiger charge is -2.36. The van der Waals surface area contributed by atoms with E-state index in [0.717, 1.165) is 25.9 Å². The number of piperidine rings is 1. The Kier molecular flexibility index (Phi) is 5.83. The van der Waals surface area contributed by atoms with Crippen LogP contribution in [-0.4, -0.2) is 29.8 Å². The zero-order valence-corrected chi connectivity index (χ0v) is 12.0. The number of nitrogens with zero attached hydrogens (tertiary/aromatic N) is 1. The van der Waals surface area contributed by atoms with E-state index in [0.29, 0.717) is 11.8 Å². The van der Waals surface area contributed by atoms with Crippen LogP contribution in [0.15, 0.2) is 30.3 Å². The van der Waals surface area contributed by atoms with Crippen molar-refractivity contribution in [3.05, 3.63) is 35.9 Å². The fraction of sp³-hybridized carbons (Fsp3) is 0.533. The molecule has 1 saturated heterocycles. The van der Waals surface area contributed by atoms with Crippen LogP contribution in [0.4, 0.5) is 0 Å². The minimum Gasteiger partial charge on any atom is -0.299 e. The van der Waals surface area contributed by atoms with E-state index >= 15 is 0 Å². The van der Waals surface area contributed by atoms with Gasteiger partial charge in [0.1, 0.15) is 5.78 Å². The Morgan fingerprint density at radius 1 is 1.22 bits per heavy atom. The molecule has 1 heterocycles. The summed E-state index contributed by atoms with van der Waals surface area (Å²) in [5, 5.41) is 0. The Morgan fingerprint density at radius 2 is 1.89 bits per heavy atom. The quantitative estimate of drug-likeness (QED) is 0.839. The highest BCUT2D eigenvalue weighted by atomic mass is 35.5. The number of likely N-dealkylation sites (tertiary alicyclic amines) is 1. The second kappa shape index (κ2) is 6.91. The molecule has 1 aliphatic heterocycles. The smallest absolute Gasteiger partial charge is 0.138 e. The van der Waals surface area contributed by atoms with Crippen LogP contribution in [0.3, 0.4) is 0 Å². The van der Waals surface area contributed by atoms with Gasteiger partial charge in [0.15, 0.2) is 0 Å². The lowest BCUT2D eigenvalue weighted by Crippen LogP contribution is -2.47. The first-order valence-electron chi connectivity index (χ1n) is 6.49. The largest absolute Gasteiger partial charge is 0.299 e. The summed E-state index contributed by atoms with van der Waals surface area (Å²) in [6.45, 7) is 6.22. The van der Waals surface area contributed by atoms with Crippen LogP contribution in [0.5, 0.6) is 0 Å². The molecule has 0 saturated carbocycles. The first kappa shape index (κ1) is 15.2. The maximum absolute atomic E-state index is 11.6. The average Bonchev–Trinajstić information content (AvgIpc) is 2.36. The molecule has 0 bridgehead atoms. The molecule has 0 aromatic heterocycles. The molecule has 0 N–H and O–H groups in total. The molecule has 0 amide bonds. The Morgan fingerprint density at radius 3 is 2.56 bits per heavy atom. The molecule has 3 heteroatoms. The zero-order chi connectivity index (χ0) is 12.3. The molecule has 1 aliphatic rings. The van der Waals surface area contributed by atoms with Gasteiger partial charge in [0.25, 0.3) is 0 Å². The van der Waals surface area contributed by atoms with Gasteiger partial charge in [-0.05, 0) is 18.9 Å². The van der Waals surface area contributed by atoms with Crippen molar-refractivity contribution in [1.82, 2.24) is 4.90 Å². The van der Waals surface area contributed by atoms with Crippen molar-refractivity contribution in [1.29, 1.82) is 0 Å². The van der Waals surface area contributed by atoms with Crippen LogP contribution < -0.4 is 0 Å². The summed E-state index contributed by atoms with van der Waals surface area (Å²) in [4.78, 5) is 14.0. The normalized spacial score (nSPS) is 24.7. The number of carbonyl (C=O) groups excluding carboxylic acids is 1. The highest BCUT2D eigenvalue weighted by Crippen LogP contribution is 2.20. The van der Waals surface area contributed by atoms with Crippen LogP contribution in [-0.2, 0) is 11.2 Å². The molecule has 2 nitrogen and oxygen atoms in total. The predicted molar refractivity (Wildman–Crippen MR) is 77.2 cm³/mol. The summed E-state index contributed by atoms with van der Waals surface area (Å²) < 4.78 is 0. The Bertz CT molecular complexity index is 379. The third-order valence-corrected chi connectivity index (χ3v) is 3.98. The number of rotatable bonds is 3. The maximum Gasteiger partial charge on any atom is 0.138 e. The number of carbonyl (C=O) groups is 1. The molecule has 1 aromatic rings. The molecule has 0 radical (unpaired) electrons. The fourth-order valence-corrected chi connectivity index (χ4v) is 2.50. The molecular formula is C15H22ClNO. The van der Waals surface area contributed by atoms with Crippen molar-refractivity contribution >= 4 is 18.2 Å². The van der Waals surface area contributed by atoms with Crippen molar-refractivity contribution in [2.24, 2.45) is 5.92 Å². The zero-order valence-electron chi connectivity index (χ0n) is 11.1. The number of hydrogen-bond donors (Lipinski definition) is 0. The van der Waals surface area contributed by atoms with Gasteiger partial charge in [0.2, 0.25) is 0 Å². The summed E-state index contributed by atoms with van der Waals surface area (Å²) >= 11 is 0. The molecule has 2 rings (SSSR count). The van der Waals surface area contributed by atoms with E-state index < -0.39 is 0 Å². The highest BCUT2D eigenvalue weighted by Gasteiger charge is 2.30. The molecule has 0 spiro atoms. The van der Waals surface area contributed by atoms with Gasteiger partial charge in [-0.2, -0.15) is 0 Å². The van der Waals surface area contributed by atoms with Crippen LogP contribution >= 0.6 is 12.4 Å². The average molecular weight is 268 g/mol. The van der Waals surface area contributed by atoms with Crippen molar-refractivity contribution in [2.75, 3.05) is 13.1 Å². The molecule has 100 valence electrons. The minimum atomic E-state index is 0. The molecule has 2 atom stereocenters. The summed E-state index contributed by atoms with van der Waals surface area (Å²) in [7, 11) is 0. The van der Waals surface area contributed by atoms with Crippen molar-refractivity contribution < 1.29 is 4.79 Å². The van der Waals surface area contributed by atoms with E-state index in [9.17, 15) is 4.79 Å². The van der Waals surface area contributed by atoms with Crippen molar-refractivity contribution in [2.45, 2.75) is 32.7 Å². The third kappa shape index (κ3) is 3.56. The van der Waals surface area contributed by atoms with Crippen LogP contribution in [0.2, 0.25) is 0 Å². The number of benzene rings is 1. The van der Waals surface area contributed by atoms with E-state index in [1.807, 2.05) is 6.07 Å². The Hall–Kier alpha value is -0.860. The number of halogens is 1. The van der Waals surface area contributed by atoms with E-state index in [1.54, 1.807) is 0 Å². The molecule has 0 aliphatic carbocycles. The lowest BCUT2D eigenvalue weighted by molar-refractivity contribution is -0.127. The number of ketones is 1. The molecule has 1 fully saturated rings. The van der Waals surface area contributed by atoms with Gasteiger partial charge in [0, 0.05) is 31.5 Å². The Labute approximate surface area is 116 Å². The van der Waals surface area contributed by atoms with E-state index in [4.69, 9.17) is 0 Å².